The minimum absolute atomic E-state index is 0.134. The summed E-state index contributed by atoms with van der Waals surface area (Å²) in [5.74, 6) is 5.89. The van der Waals surface area contributed by atoms with Crippen LogP contribution < -0.4 is 0 Å². The summed E-state index contributed by atoms with van der Waals surface area (Å²) < 4.78 is 4.54. The Labute approximate surface area is 92.7 Å². The molecule has 0 N–H and O–H groups in total. The highest BCUT2D eigenvalue weighted by Crippen LogP contribution is 1.99. The van der Waals surface area contributed by atoms with Crippen LogP contribution >= 0.6 is 0 Å². The molecular weight excluding hydrogens is 188 g/mol. The molecule has 0 spiro atoms. The zero-order chi connectivity index (χ0) is 11.4. The van der Waals surface area contributed by atoms with Gasteiger partial charge in [-0.25, -0.2) is 0 Å². The van der Waals surface area contributed by atoms with Gasteiger partial charge in [0.2, 0.25) is 0 Å². The lowest BCUT2D eigenvalue weighted by atomic mass is 10.2. The van der Waals surface area contributed by atoms with Crippen molar-refractivity contribution in [2.24, 2.45) is 0 Å². The third-order valence-corrected chi connectivity index (χ3v) is 1.92. The fourth-order valence-corrected chi connectivity index (χ4v) is 1.02. The van der Waals surface area contributed by atoms with Crippen LogP contribution in [-0.2, 0) is 9.53 Å². The van der Waals surface area contributed by atoms with Gasteiger partial charge in [0.15, 0.2) is 0 Å². The molecular formula is C13H20O2. The fraction of sp³-hybridized carbons (Fsp3) is 0.615. The quantitative estimate of drug-likeness (QED) is 0.381. The van der Waals surface area contributed by atoms with Crippen LogP contribution in [0.1, 0.15) is 45.4 Å². The van der Waals surface area contributed by atoms with Crippen LogP contribution in [-0.4, -0.2) is 13.1 Å². The van der Waals surface area contributed by atoms with Gasteiger partial charge in [0.05, 0.1) is 7.11 Å². The van der Waals surface area contributed by atoms with Crippen LogP contribution in [0.2, 0.25) is 0 Å². The molecule has 0 atom stereocenters. The van der Waals surface area contributed by atoms with E-state index in [-0.39, 0.29) is 5.97 Å². The number of carbonyl (C=O) groups excluding carboxylic acids is 1. The Kier molecular flexibility index (Phi) is 9.96. The van der Waals surface area contributed by atoms with Gasteiger partial charge >= 0.3 is 5.97 Å². The molecule has 0 saturated heterocycles. The molecule has 0 rings (SSSR count). The van der Waals surface area contributed by atoms with Gasteiger partial charge in [-0.2, -0.15) is 0 Å². The minimum Gasteiger partial charge on any atom is -0.469 e. The average molecular weight is 208 g/mol. The maximum atomic E-state index is 10.7. The first kappa shape index (κ1) is 13.8. The van der Waals surface area contributed by atoms with Crippen LogP contribution in [0.15, 0.2) is 12.2 Å². The van der Waals surface area contributed by atoms with Gasteiger partial charge < -0.3 is 4.74 Å². The molecule has 0 heterocycles. The van der Waals surface area contributed by atoms with Crippen LogP contribution in [0, 0.1) is 11.8 Å². The van der Waals surface area contributed by atoms with Gasteiger partial charge in [-0.3, -0.25) is 4.79 Å². The molecule has 84 valence electrons. The van der Waals surface area contributed by atoms with Crippen molar-refractivity contribution in [1.82, 2.24) is 0 Å². The number of carbonyl (C=O) groups is 1. The lowest BCUT2D eigenvalue weighted by molar-refractivity contribution is -0.140. The second-order valence-electron chi connectivity index (χ2n) is 3.30. The largest absolute Gasteiger partial charge is 0.469 e. The SMILES string of the molecule is CCC/C=C/C#CCCCCC(=O)OC. The molecule has 0 aromatic rings. The van der Waals surface area contributed by atoms with E-state index in [2.05, 4.69) is 29.6 Å². The van der Waals surface area contributed by atoms with E-state index in [9.17, 15) is 4.79 Å². The third kappa shape index (κ3) is 10.7. The zero-order valence-corrected chi connectivity index (χ0v) is 9.71. The highest BCUT2D eigenvalue weighted by Gasteiger charge is 1.97. The monoisotopic (exact) mass is 208 g/mol. The number of esters is 1. The Hall–Kier alpha value is -1.23. The second kappa shape index (κ2) is 10.8. The Morgan fingerprint density at radius 3 is 2.87 bits per heavy atom. The summed E-state index contributed by atoms with van der Waals surface area (Å²) in [6.07, 6.45) is 9.43. The molecule has 0 aromatic heterocycles. The Bertz CT molecular complexity index is 243. The number of ether oxygens (including phenoxy) is 1. The molecule has 15 heavy (non-hydrogen) atoms. The molecule has 0 bridgehead atoms. The number of allylic oxidation sites excluding steroid dienone is 2. The third-order valence-electron chi connectivity index (χ3n) is 1.92. The first-order chi connectivity index (χ1) is 7.31. The number of rotatable bonds is 6. The topological polar surface area (TPSA) is 26.3 Å². The molecule has 0 radical (unpaired) electrons. The Morgan fingerprint density at radius 2 is 2.20 bits per heavy atom. The van der Waals surface area contributed by atoms with Gasteiger partial charge in [0.25, 0.3) is 0 Å². The highest BCUT2D eigenvalue weighted by molar-refractivity contribution is 5.68. The van der Waals surface area contributed by atoms with E-state index in [4.69, 9.17) is 0 Å². The number of unbranched alkanes of at least 4 members (excludes halogenated alkanes) is 3. The summed E-state index contributed by atoms with van der Waals surface area (Å²) in [5, 5.41) is 0. The van der Waals surface area contributed by atoms with Crippen molar-refractivity contribution in [3.05, 3.63) is 12.2 Å². The van der Waals surface area contributed by atoms with Crippen LogP contribution in [0.3, 0.4) is 0 Å². The van der Waals surface area contributed by atoms with Gasteiger partial charge in [-0.15, -0.1) is 0 Å². The summed E-state index contributed by atoms with van der Waals surface area (Å²) in [7, 11) is 1.42. The van der Waals surface area contributed by atoms with E-state index in [1.807, 2.05) is 6.08 Å². The molecule has 0 fully saturated rings. The number of hydrogen-bond acceptors (Lipinski definition) is 2. The first-order valence-electron chi connectivity index (χ1n) is 5.51. The molecule has 0 aliphatic heterocycles. The molecule has 0 unspecified atom stereocenters. The number of hydrogen-bond donors (Lipinski definition) is 0. The average Bonchev–Trinajstić information content (AvgIpc) is 2.26. The summed E-state index contributed by atoms with van der Waals surface area (Å²) in [5.41, 5.74) is 0. The van der Waals surface area contributed by atoms with Crippen molar-refractivity contribution in [1.29, 1.82) is 0 Å². The molecule has 2 heteroatoms. The standard InChI is InChI=1S/C13H20O2/c1-3-4-5-6-7-8-9-10-11-12-13(14)15-2/h5-6H,3-4,9-12H2,1-2H3/b6-5+. The fourth-order valence-electron chi connectivity index (χ4n) is 1.02. The molecule has 0 amide bonds. The lowest BCUT2D eigenvalue weighted by Gasteiger charge is -1.95. The number of methoxy groups -OCH3 is 1. The van der Waals surface area contributed by atoms with Crippen molar-refractivity contribution >= 4 is 5.97 Å². The maximum Gasteiger partial charge on any atom is 0.305 e. The van der Waals surface area contributed by atoms with Gasteiger partial charge in [0.1, 0.15) is 0 Å². The smallest absolute Gasteiger partial charge is 0.305 e. The normalized spacial score (nSPS) is 9.73. The van der Waals surface area contributed by atoms with Gasteiger partial charge in [-0.1, -0.05) is 31.3 Å². The molecule has 0 saturated carbocycles. The minimum atomic E-state index is -0.134. The summed E-state index contributed by atoms with van der Waals surface area (Å²) in [4.78, 5) is 10.7. The highest BCUT2D eigenvalue weighted by atomic mass is 16.5. The van der Waals surface area contributed by atoms with E-state index in [1.165, 1.54) is 7.11 Å². The van der Waals surface area contributed by atoms with Crippen LogP contribution in [0.5, 0.6) is 0 Å². The van der Waals surface area contributed by atoms with Crippen molar-refractivity contribution < 1.29 is 9.53 Å². The van der Waals surface area contributed by atoms with E-state index in [0.717, 1.165) is 32.1 Å². The maximum absolute atomic E-state index is 10.7. The van der Waals surface area contributed by atoms with E-state index < -0.39 is 0 Å². The summed E-state index contributed by atoms with van der Waals surface area (Å²) >= 11 is 0. The van der Waals surface area contributed by atoms with Gasteiger partial charge in [-0.05, 0) is 25.3 Å². The molecule has 0 aromatic carbocycles. The lowest BCUT2D eigenvalue weighted by Crippen LogP contribution is -1.98. The predicted molar refractivity (Wildman–Crippen MR) is 62.3 cm³/mol. The second-order valence-corrected chi connectivity index (χ2v) is 3.30. The first-order valence-corrected chi connectivity index (χ1v) is 5.51. The Morgan fingerprint density at radius 1 is 1.40 bits per heavy atom. The molecule has 2 nitrogen and oxygen atoms in total. The molecule has 0 aliphatic rings. The zero-order valence-electron chi connectivity index (χ0n) is 9.71. The van der Waals surface area contributed by atoms with Crippen LogP contribution in [0.4, 0.5) is 0 Å². The van der Waals surface area contributed by atoms with Gasteiger partial charge in [0, 0.05) is 12.8 Å². The Balaban J connectivity index is 3.33. The van der Waals surface area contributed by atoms with Crippen molar-refractivity contribution in [3.63, 3.8) is 0 Å². The van der Waals surface area contributed by atoms with E-state index >= 15 is 0 Å². The molecule has 0 aliphatic carbocycles. The van der Waals surface area contributed by atoms with Crippen LogP contribution in [0.25, 0.3) is 0 Å². The summed E-state index contributed by atoms with van der Waals surface area (Å²) in [6, 6.07) is 0. The van der Waals surface area contributed by atoms with Crippen molar-refractivity contribution in [3.8, 4) is 11.8 Å². The van der Waals surface area contributed by atoms with E-state index in [0.29, 0.717) is 6.42 Å². The predicted octanol–water partition coefficient (Wildman–Crippen LogP) is 3.08. The van der Waals surface area contributed by atoms with E-state index in [1.54, 1.807) is 0 Å². The van der Waals surface area contributed by atoms with Crippen molar-refractivity contribution in [2.45, 2.75) is 45.4 Å². The van der Waals surface area contributed by atoms with Crippen molar-refractivity contribution in [2.75, 3.05) is 7.11 Å². The summed E-state index contributed by atoms with van der Waals surface area (Å²) in [6.45, 7) is 2.14.